The number of ether oxygens (including phenoxy) is 1. The van der Waals surface area contributed by atoms with Crippen molar-refractivity contribution in [3.05, 3.63) is 87.0 Å². The van der Waals surface area contributed by atoms with Crippen molar-refractivity contribution in [3.8, 4) is 0 Å². The van der Waals surface area contributed by atoms with Crippen molar-refractivity contribution < 1.29 is 14.5 Å². The summed E-state index contributed by atoms with van der Waals surface area (Å²) in [6.07, 6.45) is 1.41. The van der Waals surface area contributed by atoms with Crippen LogP contribution in [0.1, 0.15) is 52.6 Å². The molecule has 27 heavy (non-hydrogen) atoms. The number of nitrogens with one attached hydrogen (secondary N) is 1. The van der Waals surface area contributed by atoms with Gasteiger partial charge in [-0.15, -0.1) is 0 Å². The van der Waals surface area contributed by atoms with Gasteiger partial charge in [0.15, 0.2) is 0 Å². The standard InChI is InChI=1S/C19H16N4O4/c1-19(2)15-9-12(5-8-14(15)18(24)27-19)16(17-20-10-21-22-17)11-3-6-13(7-4-11)23(25)26/h3-10,16H,1-2H3,(H,20,21,22). The second-order valence-electron chi connectivity index (χ2n) is 6.86. The Labute approximate surface area is 154 Å². The summed E-state index contributed by atoms with van der Waals surface area (Å²) in [5, 5.41) is 17.7. The second-order valence-corrected chi connectivity index (χ2v) is 6.86. The number of H-pyrrole nitrogens is 1. The quantitative estimate of drug-likeness (QED) is 0.432. The molecule has 0 saturated carbocycles. The summed E-state index contributed by atoms with van der Waals surface area (Å²) >= 11 is 0. The Morgan fingerprint density at radius 3 is 2.48 bits per heavy atom. The van der Waals surface area contributed by atoms with E-state index in [9.17, 15) is 14.9 Å². The van der Waals surface area contributed by atoms with E-state index in [1.807, 2.05) is 26.0 Å². The number of cyclic esters (lactones) is 1. The lowest BCUT2D eigenvalue weighted by Crippen LogP contribution is -2.16. The first-order valence-electron chi connectivity index (χ1n) is 8.34. The van der Waals surface area contributed by atoms with Crippen LogP contribution in [0.15, 0.2) is 48.8 Å². The first kappa shape index (κ1) is 16.9. The predicted molar refractivity (Wildman–Crippen MR) is 95.3 cm³/mol. The van der Waals surface area contributed by atoms with Crippen molar-refractivity contribution in [3.63, 3.8) is 0 Å². The van der Waals surface area contributed by atoms with Crippen LogP contribution in [0.5, 0.6) is 0 Å². The summed E-state index contributed by atoms with van der Waals surface area (Å²) in [5.74, 6) is -0.0509. The van der Waals surface area contributed by atoms with Gasteiger partial charge in [-0.05, 0) is 37.1 Å². The number of nitro benzene ring substituents is 1. The van der Waals surface area contributed by atoms with E-state index in [2.05, 4.69) is 15.2 Å². The van der Waals surface area contributed by atoms with Crippen LogP contribution in [0.3, 0.4) is 0 Å². The maximum atomic E-state index is 12.0. The molecule has 1 atom stereocenters. The molecule has 8 nitrogen and oxygen atoms in total. The van der Waals surface area contributed by atoms with Crippen LogP contribution in [0.4, 0.5) is 5.69 Å². The van der Waals surface area contributed by atoms with E-state index in [-0.39, 0.29) is 17.6 Å². The Morgan fingerprint density at radius 1 is 1.15 bits per heavy atom. The Kier molecular flexibility index (Phi) is 3.76. The first-order valence-corrected chi connectivity index (χ1v) is 8.34. The highest BCUT2D eigenvalue weighted by molar-refractivity contribution is 5.94. The summed E-state index contributed by atoms with van der Waals surface area (Å²) in [6.45, 7) is 3.69. The zero-order valence-corrected chi connectivity index (χ0v) is 14.7. The number of nitrogens with zero attached hydrogens (tertiary/aromatic N) is 3. The molecule has 2 aromatic carbocycles. The zero-order chi connectivity index (χ0) is 19.2. The van der Waals surface area contributed by atoms with Crippen LogP contribution in [0, 0.1) is 10.1 Å². The van der Waals surface area contributed by atoms with Gasteiger partial charge in [0.1, 0.15) is 17.8 Å². The summed E-state index contributed by atoms with van der Waals surface area (Å²) < 4.78 is 5.44. The van der Waals surface area contributed by atoms with Gasteiger partial charge < -0.3 is 4.74 Å². The number of hydrogen-bond donors (Lipinski definition) is 1. The Hall–Kier alpha value is -3.55. The third-order valence-electron chi connectivity index (χ3n) is 4.74. The fraction of sp³-hybridized carbons (Fsp3) is 0.211. The molecule has 136 valence electrons. The Bertz CT molecular complexity index is 1030. The molecule has 3 aromatic rings. The maximum absolute atomic E-state index is 12.0. The smallest absolute Gasteiger partial charge is 0.339 e. The van der Waals surface area contributed by atoms with E-state index in [0.29, 0.717) is 11.4 Å². The highest BCUT2D eigenvalue weighted by atomic mass is 16.6. The molecule has 0 bridgehead atoms. The largest absolute Gasteiger partial charge is 0.451 e. The van der Waals surface area contributed by atoms with Crippen LogP contribution in [-0.4, -0.2) is 26.1 Å². The summed E-state index contributed by atoms with van der Waals surface area (Å²) in [6, 6.07) is 11.8. The lowest BCUT2D eigenvalue weighted by Gasteiger charge is -2.20. The minimum atomic E-state index is -0.718. The van der Waals surface area contributed by atoms with Crippen molar-refractivity contribution in [1.82, 2.24) is 15.2 Å². The van der Waals surface area contributed by atoms with Crippen LogP contribution < -0.4 is 0 Å². The number of carbonyl (C=O) groups is 1. The van der Waals surface area contributed by atoms with E-state index >= 15 is 0 Å². The average molecular weight is 364 g/mol. The summed E-state index contributed by atoms with van der Waals surface area (Å²) in [4.78, 5) is 26.8. The van der Waals surface area contributed by atoms with Crippen LogP contribution >= 0.6 is 0 Å². The molecule has 2 heterocycles. The molecule has 0 spiro atoms. The molecule has 1 unspecified atom stereocenters. The molecule has 1 aliphatic rings. The molecule has 4 rings (SSSR count). The Morgan fingerprint density at radius 2 is 1.85 bits per heavy atom. The van der Waals surface area contributed by atoms with Crippen molar-refractivity contribution in [1.29, 1.82) is 0 Å². The van der Waals surface area contributed by atoms with Crippen molar-refractivity contribution in [2.24, 2.45) is 0 Å². The second kappa shape index (κ2) is 6.01. The normalized spacial score (nSPS) is 15.9. The highest BCUT2D eigenvalue weighted by Crippen LogP contribution is 2.39. The molecule has 0 amide bonds. The molecule has 0 radical (unpaired) electrons. The number of carbonyl (C=O) groups excluding carboxylic acids is 1. The molecule has 1 aliphatic heterocycles. The van der Waals surface area contributed by atoms with Gasteiger partial charge in [-0.2, -0.15) is 5.10 Å². The van der Waals surface area contributed by atoms with Gasteiger partial charge in [0.05, 0.1) is 16.4 Å². The third kappa shape index (κ3) is 2.84. The molecule has 1 N–H and O–H groups in total. The number of rotatable bonds is 4. The van der Waals surface area contributed by atoms with Gasteiger partial charge in [0, 0.05) is 17.7 Å². The number of non-ortho nitro benzene ring substituents is 1. The molecule has 0 fully saturated rings. The van der Waals surface area contributed by atoms with Crippen LogP contribution in [-0.2, 0) is 10.3 Å². The number of fused-ring (bicyclic) bond motifs is 1. The van der Waals surface area contributed by atoms with E-state index in [1.165, 1.54) is 18.5 Å². The average Bonchev–Trinajstić information content (AvgIpc) is 3.23. The van der Waals surface area contributed by atoms with Crippen molar-refractivity contribution in [2.45, 2.75) is 25.4 Å². The number of nitro groups is 1. The zero-order valence-electron chi connectivity index (χ0n) is 14.7. The molecular formula is C19H16N4O4. The van der Waals surface area contributed by atoms with E-state index in [1.54, 1.807) is 18.2 Å². The number of benzene rings is 2. The van der Waals surface area contributed by atoms with Gasteiger partial charge in [0.2, 0.25) is 0 Å². The maximum Gasteiger partial charge on any atom is 0.339 e. The molecule has 0 saturated heterocycles. The first-order chi connectivity index (χ1) is 12.9. The fourth-order valence-electron chi connectivity index (χ4n) is 3.41. The fourth-order valence-corrected chi connectivity index (χ4v) is 3.41. The lowest BCUT2D eigenvalue weighted by molar-refractivity contribution is -0.384. The van der Waals surface area contributed by atoms with Crippen LogP contribution in [0.25, 0.3) is 0 Å². The minimum Gasteiger partial charge on any atom is -0.451 e. The SMILES string of the molecule is CC1(C)OC(=O)c2ccc(C(c3ccc([N+](=O)[O-])cc3)c3ncn[nH]3)cc21. The van der Waals surface area contributed by atoms with E-state index in [4.69, 9.17) is 4.74 Å². The highest BCUT2D eigenvalue weighted by Gasteiger charge is 2.38. The van der Waals surface area contributed by atoms with Crippen molar-refractivity contribution in [2.75, 3.05) is 0 Å². The topological polar surface area (TPSA) is 111 Å². The Balaban J connectivity index is 1.84. The van der Waals surface area contributed by atoms with Crippen LogP contribution in [0.2, 0.25) is 0 Å². The number of aromatic amines is 1. The van der Waals surface area contributed by atoms with Crippen molar-refractivity contribution >= 4 is 11.7 Å². The van der Waals surface area contributed by atoms with Gasteiger partial charge in [-0.1, -0.05) is 18.2 Å². The van der Waals surface area contributed by atoms with E-state index < -0.39 is 10.5 Å². The minimum absolute atomic E-state index is 0.0177. The molecular weight excluding hydrogens is 348 g/mol. The monoisotopic (exact) mass is 364 g/mol. The van der Waals surface area contributed by atoms with E-state index in [0.717, 1.165) is 16.7 Å². The summed E-state index contributed by atoms with van der Waals surface area (Å²) in [5.41, 5.74) is 2.35. The van der Waals surface area contributed by atoms with Gasteiger partial charge in [-0.3, -0.25) is 15.2 Å². The third-order valence-corrected chi connectivity index (χ3v) is 4.74. The predicted octanol–water partition coefficient (Wildman–Crippen LogP) is 3.30. The molecule has 8 heteroatoms. The number of aromatic nitrogens is 3. The summed E-state index contributed by atoms with van der Waals surface area (Å²) in [7, 11) is 0. The molecule has 0 aliphatic carbocycles. The number of esters is 1. The van der Waals surface area contributed by atoms with Gasteiger partial charge in [-0.25, -0.2) is 9.78 Å². The van der Waals surface area contributed by atoms with Gasteiger partial charge in [0.25, 0.3) is 5.69 Å². The number of hydrogen-bond acceptors (Lipinski definition) is 6. The lowest BCUT2D eigenvalue weighted by atomic mass is 9.86. The molecule has 1 aromatic heterocycles. The van der Waals surface area contributed by atoms with Gasteiger partial charge >= 0.3 is 5.97 Å².